The molecule has 0 bridgehead atoms. The first kappa shape index (κ1) is 17.7. The molecule has 27 heavy (non-hydrogen) atoms. The summed E-state index contributed by atoms with van der Waals surface area (Å²) in [7, 11) is 0. The van der Waals surface area contributed by atoms with Gasteiger partial charge in [0.25, 0.3) is 0 Å². The molecular weight excluding hydrogens is 362 g/mol. The summed E-state index contributed by atoms with van der Waals surface area (Å²) < 4.78 is 5.46. The fourth-order valence-corrected chi connectivity index (χ4v) is 4.06. The van der Waals surface area contributed by atoms with Crippen LogP contribution in [-0.2, 0) is 4.79 Å². The first-order chi connectivity index (χ1) is 13.3. The number of thiophene rings is 1. The van der Waals surface area contributed by atoms with E-state index in [1.807, 2.05) is 35.7 Å². The van der Waals surface area contributed by atoms with Crippen LogP contribution in [0.3, 0.4) is 0 Å². The fraction of sp³-hybridized carbons (Fsp3) is 0.316. The maximum Gasteiger partial charge on any atom is 0.247 e. The molecule has 3 N–H and O–H groups in total. The van der Waals surface area contributed by atoms with E-state index < -0.39 is 0 Å². The largest absolute Gasteiger partial charge is 0.492 e. The summed E-state index contributed by atoms with van der Waals surface area (Å²) in [5.74, 6) is 1.55. The van der Waals surface area contributed by atoms with Gasteiger partial charge in [0.1, 0.15) is 35.4 Å². The number of rotatable bonds is 6. The molecule has 7 nitrogen and oxygen atoms in total. The lowest BCUT2D eigenvalue weighted by Crippen LogP contribution is -2.40. The zero-order valence-corrected chi connectivity index (χ0v) is 15.6. The van der Waals surface area contributed by atoms with Crippen LogP contribution in [0, 0.1) is 0 Å². The molecule has 0 saturated carbocycles. The van der Waals surface area contributed by atoms with E-state index in [2.05, 4.69) is 20.2 Å². The van der Waals surface area contributed by atoms with E-state index in [0.29, 0.717) is 13.2 Å². The normalized spacial score (nSPS) is 16.6. The molecule has 3 aromatic rings. The highest BCUT2D eigenvalue weighted by molar-refractivity contribution is 7.16. The highest BCUT2D eigenvalue weighted by Gasteiger charge is 2.32. The molecule has 1 aliphatic rings. The number of amides is 1. The van der Waals surface area contributed by atoms with Gasteiger partial charge in [0.05, 0.1) is 5.39 Å². The van der Waals surface area contributed by atoms with Crippen LogP contribution in [0.4, 0.5) is 11.5 Å². The molecule has 1 amide bonds. The number of hydrogen-bond donors (Lipinski definition) is 2. The van der Waals surface area contributed by atoms with Crippen LogP contribution in [0.25, 0.3) is 10.2 Å². The van der Waals surface area contributed by atoms with Crippen molar-refractivity contribution in [1.29, 1.82) is 0 Å². The van der Waals surface area contributed by atoms with Gasteiger partial charge >= 0.3 is 0 Å². The van der Waals surface area contributed by atoms with Crippen LogP contribution >= 0.6 is 11.3 Å². The number of nitrogens with one attached hydrogen (secondary N) is 1. The molecule has 8 heteroatoms. The number of aromatic nitrogens is 2. The average Bonchev–Trinajstić information content (AvgIpc) is 3.36. The van der Waals surface area contributed by atoms with Gasteiger partial charge in [-0.05, 0) is 48.6 Å². The average molecular weight is 383 g/mol. The van der Waals surface area contributed by atoms with E-state index in [4.69, 9.17) is 10.5 Å². The highest BCUT2D eigenvalue weighted by atomic mass is 32.1. The van der Waals surface area contributed by atoms with Crippen molar-refractivity contribution in [1.82, 2.24) is 9.97 Å². The zero-order valence-electron chi connectivity index (χ0n) is 14.8. The molecule has 0 spiro atoms. The quantitative estimate of drug-likeness (QED) is 0.680. The first-order valence-corrected chi connectivity index (χ1v) is 9.83. The van der Waals surface area contributed by atoms with Crippen LogP contribution in [-0.4, -0.2) is 41.6 Å². The van der Waals surface area contributed by atoms with Crippen molar-refractivity contribution in [2.24, 2.45) is 5.73 Å². The summed E-state index contributed by atoms with van der Waals surface area (Å²) in [6.45, 7) is 1.75. The topological polar surface area (TPSA) is 93.4 Å². The molecule has 1 fully saturated rings. The molecule has 1 aromatic carbocycles. The maximum absolute atomic E-state index is 12.9. The van der Waals surface area contributed by atoms with Crippen LogP contribution in [0.5, 0.6) is 5.75 Å². The van der Waals surface area contributed by atoms with Gasteiger partial charge in [-0.15, -0.1) is 11.3 Å². The van der Waals surface area contributed by atoms with Crippen LogP contribution < -0.4 is 20.7 Å². The number of carbonyl (C=O) groups is 1. The first-order valence-electron chi connectivity index (χ1n) is 8.95. The third kappa shape index (κ3) is 3.72. The van der Waals surface area contributed by atoms with Gasteiger partial charge in [-0.25, -0.2) is 9.97 Å². The molecule has 2 aromatic heterocycles. The Hall–Kier alpha value is -2.71. The third-order valence-corrected chi connectivity index (χ3v) is 5.40. The van der Waals surface area contributed by atoms with Gasteiger partial charge < -0.3 is 20.7 Å². The van der Waals surface area contributed by atoms with Gasteiger partial charge in [0, 0.05) is 18.8 Å². The lowest BCUT2D eigenvalue weighted by atomic mass is 10.2. The van der Waals surface area contributed by atoms with Gasteiger partial charge in [0.15, 0.2) is 0 Å². The lowest BCUT2D eigenvalue weighted by molar-refractivity contribution is -0.117. The van der Waals surface area contributed by atoms with Crippen molar-refractivity contribution in [2.45, 2.75) is 18.9 Å². The Balaban J connectivity index is 1.49. The van der Waals surface area contributed by atoms with Gasteiger partial charge in [-0.2, -0.15) is 0 Å². The number of benzene rings is 1. The smallest absolute Gasteiger partial charge is 0.247 e. The van der Waals surface area contributed by atoms with Crippen molar-refractivity contribution in [3.05, 3.63) is 42.0 Å². The second-order valence-corrected chi connectivity index (χ2v) is 7.23. The standard InChI is InChI=1S/C19H21N5O2S/c20-8-10-26-14-5-3-13(4-6-14)23-18(25)16-2-1-9-24(16)17-15-7-11-27-19(15)22-12-21-17/h3-7,11-12,16H,1-2,8-10,20H2,(H,23,25). The minimum Gasteiger partial charge on any atom is -0.492 e. The van der Waals surface area contributed by atoms with Crippen molar-refractivity contribution in [3.8, 4) is 5.75 Å². The zero-order chi connectivity index (χ0) is 18.6. The summed E-state index contributed by atoms with van der Waals surface area (Å²) >= 11 is 1.58. The molecule has 0 radical (unpaired) electrons. The molecular formula is C19H21N5O2S. The predicted octanol–water partition coefficient (Wildman–Crippen LogP) is 2.64. The van der Waals surface area contributed by atoms with Crippen LogP contribution in [0.15, 0.2) is 42.0 Å². The van der Waals surface area contributed by atoms with E-state index in [1.54, 1.807) is 17.7 Å². The fourth-order valence-electron chi connectivity index (χ4n) is 3.34. The molecule has 1 atom stereocenters. The number of hydrogen-bond acceptors (Lipinski definition) is 7. The summed E-state index contributed by atoms with van der Waals surface area (Å²) in [5, 5.41) is 6.01. The minimum atomic E-state index is -0.240. The van der Waals surface area contributed by atoms with Crippen LogP contribution in [0.1, 0.15) is 12.8 Å². The number of fused-ring (bicyclic) bond motifs is 1. The highest BCUT2D eigenvalue weighted by Crippen LogP contribution is 2.32. The van der Waals surface area contributed by atoms with Gasteiger partial charge in [-0.1, -0.05) is 0 Å². The molecule has 1 aliphatic heterocycles. The minimum absolute atomic E-state index is 0.0230. The van der Waals surface area contributed by atoms with E-state index in [9.17, 15) is 4.79 Å². The number of anilines is 2. The summed E-state index contributed by atoms with van der Waals surface area (Å²) in [6, 6.07) is 9.11. The Morgan fingerprint density at radius 3 is 2.96 bits per heavy atom. The van der Waals surface area contributed by atoms with Crippen molar-refractivity contribution < 1.29 is 9.53 Å². The molecule has 4 rings (SSSR count). The van der Waals surface area contributed by atoms with E-state index in [-0.39, 0.29) is 11.9 Å². The molecule has 1 saturated heterocycles. The number of carbonyl (C=O) groups excluding carboxylic acids is 1. The Morgan fingerprint density at radius 1 is 1.30 bits per heavy atom. The second kappa shape index (κ2) is 7.89. The number of nitrogens with zero attached hydrogens (tertiary/aromatic N) is 3. The Bertz CT molecular complexity index is 927. The van der Waals surface area contributed by atoms with E-state index >= 15 is 0 Å². The summed E-state index contributed by atoms with van der Waals surface area (Å²) in [4.78, 5) is 24.7. The SMILES string of the molecule is NCCOc1ccc(NC(=O)C2CCCN2c2ncnc3sccc23)cc1. The molecule has 140 valence electrons. The maximum atomic E-state index is 12.9. The van der Waals surface area contributed by atoms with Crippen molar-refractivity contribution >= 4 is 39.0 Å². The van der Waals surface area contributed by atoms with Crippen molar-refractivity contribution in [2.75, 3.05) is 29.9 Å². The Morgan fingerprint density at radius 2 is 2.15 bits per heavy atom. The Kier molecular flexibility index (Phi) is 5.17. The molecule has 3 heterocycles. The monoisotopic (exact) mass is 383 g/mol. The number of nitrogens with two attached hydrogens (primary N) is 1. The van der Waals surface area contributed by atoms with E-state index in [0.717, 1.165) is 46.9 Å². The lowest BCUT2D eigenvalue weighted by Gasteiger charge is -2.25. The summed E-state index contributed by atoms with van der Waals surface area (Å²) in [5.41, 5.74) is 6.18. The Labute approximate surface area is 161 Å². The number of ether oxygens (including phenoxy) is 1. The van der Waals surface area contributed by atoms with Crippen molar-refractivity contribution in [3.63, 3.8) is 0 Å². The third-order valence-electron chi connectivity index (χ3n) is 4.58. The molecule has 0 aliphatic carbocycles. The summed E-state index contributed by atoms with van der Waals surface area (Å²) in [6.07, 6.45) is 3.33. The van der Waals surface area contributed by atoms with Gasteiger partial charge in [0.2, 0.25) is 5.91 Å². The molecule has 1 unspecified atom stereocenters. The second-order valence-electron chi connectivity index (χ2n) is 6.34. The van der Waals surface area contributed by atoms with E-state index in [1.165, 1.54) is 0 Å². The predicted molar refractivity (Wildman–Crippen MR) is 107 cm³/mol. The van der Waals surface area contributed by atoms with Gasteiger partial charge in [-0.3, -0.25) is 4.79 Å². The van der Waals surface area contributed by atoms with Crippen LogP contribution in [0.2, 0.25) is 0 Å².